The van der Waals surface area contributed by atoms with Crippen LogP contribution in [-0.4, -0.2) is 11.9 Å². The van der Waals surface area contributed by atoms with E-state index in [1.54, 1.807) is 0 Å². The van der Waals surface area contributed by atoms with Crippen molar-refractivity contribution < 1.29 is 4.79 Å². The third kappa shape index (κ3) is 2.32. The average Bonchev–Trinajstić information content (AvgIpc) is 3.23. The molecule has 112 valence electrons. The number of halogens is 1. The molecule has 1 N–H and O–H groups in total. The fraction of sp³-hybridized carbons (Fsp3) is 0.316. The molecule has 0 unspecified atom stereocenters. The van der Waals surface area contributed by atoms with Gasteiger partial charge in [0.2, 0.25) is 5.91 Å². The fourth-order valence-electron chi connectivity index (χ4n) is 3.53. The maximum Gasteiger partial charge on any atom is 0.230 e. The fourth-order valence-corrected chi connectivity index (χ4v) is 3.65. The maximum atomic E-state index is 12.8. The van der Waals surface area contributed by atoms with Crippen LogP contribution < -0.4 is 5.32 Å². The third-order valence-electron chi connectivity index (χ3n) is 4.97. The van der Waals surface area contributed by atoms with E-state index in [0.717, 1.165) is 31.2 Å². The van der Waals surface area contributed by atoms with Crippen molar-refractivity contribution >= 4 is 17.5 Å². The first-order valence-electron chi connectivity index (χ1n) is 7.81. The summed E-state index contributed by atoms with van der Waals surface area (Å²) in [6, 6.07) is 16.4. The Morgan fingerprint density at radius 1 is 1.00 bits per heavy atom. The normalized spacial score (nSPS) is 18.8. The minimum atomic E-state index is -0.320. The molecule has 1 amide bonds. The van der Waals surface area contributed by atoms with E-state index >= 15 is 0 Å². The summed E-state index contributed by atoms with van der Waals surface area (Å²) in [5, 5.41) is 3.98. The lowest BCUT2D eigenvalue weighted by Crippen LogP contribution is -2.42. The van der Waals surface area contributed by atoms with Gasteiger partial charge in [-0.05, 0) is 54.5 Å². The monoisotopic (exact) mass is 311 g/mol. The number of rotatable bonds is 3. The Labute approximate surface area is 135 Å². The van der Waals surface area contributed by atoms with Crippen LogP contribution in [0.25, 0.3) is 0 Å². The average molecular weight is 312 g/mol. The molecule has 0 aromatic heterocycles. The number of hydrogen-bond acceptors (Lipinski definition) is 1. The highest BCUT2D eigenvalue weighted by Gasteiger charge is 2.51. The smallest absolute Gasteiger partial charge is 0.230 e. The molecule has 3 heteroatoms. The van der Waals surface area contributed by atoms with Gasteiger partial charge in [-0.2, -0.15) is 0 Å². The molecular formula is C19H18ClNO. The molecule has 2 aliphatic carbocycles. The second-order valence-electron chi connectivity index (χ2n) is 6.44. The Hall–Kier alpha value is -1.80. The van der Waals surface area contributed by atoms with Crippen molar-refractivity contribution in [1.82, 2.24) is 5.32 Å². The first-order chi connectivity index (χ1) is 10.7. The number of fused-ring (bicyclic) bond motifs is 1. The molecule has 2 aromatic rings. The lowest BCUT2D eigenvalue weighted by atomic mass is 9.94. The van der Waals surface area contributed by atoms with Crippen LogP contribution in [0.4, 0.5) is 0 Å². The minimum Gasteiger partial charge on any atom is -0.352 e. The minimum absolute atomic E-state index is 0.174. The molecule has 0 bridgehead atoms. The van der Waals surface area contributed by atoms with Crippen LogP contribution in [0.3, 0.4) is 0 Å². The molecule has 4 rings (SSSR count). The highest BCUT2D eigenvalue weighted by atomic mass is 35.5. The van der Waals surface area contributed by atoms with Crippen LogP contribution in [0.2, 0.25) is 5.02 Å². The number of carbonyl (C=O) groups excluding carboxylic acids is 1. The second kappa shape index (κ2) is 5.13. The number of benzene rings is 2. The van der Waals surface area contributed by atoms with Crippen LogP contribution in [0.1, 0.15) is 29.5 Å². The van der Waals surface area contributed by atoms with Crippen molar-refractivity contribution in [3.8, 4) is 0 Å². The predicted molar refractivity (Wildman–Crippen MR) is 88.1 cm³/mol. The van der Waals surface area contributed by atoms with Gasteiger partial charge in [0.15, 0.2) is 0 Å². The van der Waals surface area contributed by atoms with E-state index in [1.807, 2.05) is 24.3 Å². The van der Waals surface area contributed by atoms with E-state index in [-0.39, 0.29) is 17.4 Å². The number of hydrogen-bond donors (Lipinski definition) is 1. The summed E-state index contributed by atoms with van der Waals surface area (Å²) in [5.74, 6) is 0.174. The van der Waals surface area contributed by atoms with Gasteiger partial charge in [-0.3, -0.25) is 4.79 Å². The van der Waals surface area contributed by atoms with Crippen molar-refractivity contribution in [1.29, 1.82) is 0 Å². The summed E-state index contributed by atoms with van der Waals surface area (Å²) >= 11 is 5.95. The molecule has 1 saturated carbocycles. The van der Waals surface area contributed by atoms with E-state index in [1.165, 1.54) is 11.1 Å². The summed E-state index contributed by atoms with van der Waals surface area (Å²) < 4.78 is 0. The van der Waals surface area contributed by atoms with Gasteiger partial charge < -0.3 is 5.32 Å². The van der Waals surface area contributed by atoms with E-state index in [0.29, 0.717) is 5.02 Å². The van der Waals surface area contributed by atoms with Gasteiger partial charge in [-0.1, -0.05) is 48.0 Å². The van der Waals surface area contributed by atoms with Gasteiger partial charge in [-0.25, -0.2) is 0 Å². The molecular weight excluding hydrogens is 294 g/mol. The van der Waals surface area contributed by atoms with Gasteiger partial charge in [0.05, 0.1) is 5.41 Å². The van der Waals surface area contributed by atoms with Gasteiger partial charge in [0.1, 0.15) is 0 Å². The standard InChI is InChI=1S/C19H18ClNO/c20-16-7-5-15(6-8-16)19(9-10-19)18(22)21-17-11-13-3-1-2-4-14(13)12-17/h1-8,17H,9-12H2,(H,21,22). The summed E-state index contributed by atoms with van der Waals surface area (Å²) in [4.78, 5) is 12.8. The SMILES string of the molecule is O=C(NC1Cc2ccccc2C1)C1(c2ccc(Cl)cc2)CC1. The van der Waals surface area contributed by atoms with Crippen LogP contribution in [0.15, 0.2) is 48.5 Å². The lowest BCUT2D eigenvalue weighted by Gasteiger charge is -2.19. The zero-order valence-electron chi connectivity index (χ0n) is 12.3. The molecule has 2 aromatic carbocycles. The van der Waals surface area contributed by atoms with Crippen molar-refractivity contribution in [3.63, 3.8) is 0 Å². The van der Waals surface area contributed by atoms with Crippen molar-refractivity contribution in [2.24, 2.45) is 0 Å². The Morgan fingerprint density at radius 3 is 2.14 bits per heavy atom. The topological polar surface area (TPSA) is 29.1 Å². The molecule has 1 fully saturated rings. The molecule has 0 saturated heterocycles. The van der Waals surface area contributed by atoms with Crippen LogP contribution in [-0.2, 0) is 23.1 Å². The van der Waals surface area contributed by atoms with E-state index < -0.39 is 0 Å². The van der Waals surface area contributed by atoms with E-state index in [9.17, 15) is 4.79 Å². The lowest BCUT2D eigenvalue weighted by molar-refractivity contribution is -0.124. The first-order valence-corrected chi connectivity index (χ1v) is 8.19. The Morgan fingerprint density at radius 2 is 1.59 bits per heavy atom. The first kappa shape index (κ1) is 13.8. The maximum absolute atomic E-state index is 12.8. The van der Waals surface area contributed by atoms with Gasteiger partial charge >= 0.3 is 0 Å². The molecule has 0 heterocycles. The highest BCUT2D eigenvalue weighted by Crippen LogP contribution is 2.48. The summed E-state index contributed by atoms with van der Waals surface area (Å²) in [7, 11) is 0. The van der Waals surface area contributed by atoms with E-state index in [2.05, 4.69) is 29.6 Å². The van der Waals surface area contributed by atoms with Gasteiger partial charge in [0, 0.05) is 11.1 Å². The van der Waals surface area contributed by atoms with Crippen LogP contribution >= 0.6 is 11.6 Å². The van der Waals surface area contributed by atoms with Crippen LogP contribution in [0.5, 0.6) is 0 Å². The molecule has 0 atom stereocenters. The highest BCUT2D eigenvalue weighted by molar-refractivity contribution is 6.30. The molecule has 22 heavy (non-hydrogen) atoms. The van der Waals surface area contributed by atoms with Crippen LogP contribution in [0, 0.1) is 0 Å². The third-order valence-corrected chi connectivity index (χ3v) is 5.22. The van der Waals surface area contributed by atoms with Gasteiger partial charge in [0.25, 0.3) is 0 Å². The van der Waals surface area contributed by atoms with Crippen molar-refractivity contribution in [3.05, 3.63) is 70.2 Å². The van der Waals surface area contributed by atoms with Crippen molar-refractivity contribution in [2.45, 2.75) is 37.1 Å². The molecule has 2 nitrogen and oxygen atoms in total. The molecule has 0 aliphatic heterocycles. The largest absolute Gasteiger partial charge is 0.352 e. The zero-order valence-corrected chi connectivity index (χ0v) is 13.1. The van der Waals surface area contributed by atoms with Gasteiger partial charge in [-0.15, -0.1) is 0 Å². The summed E-state index contributed by atoms with van der Waals surface area (Å²) in [5.41, 5.74) is 3.50. The molecule has 0 spiro atoms. The quantitative estimate of drug-likeness (QED) is 0.921. The number of amides is 1. The number of carbonyl (C=O) groups is 1. The molecule has 0 radical (unpaired) electrons. The number of nitrogens with one attached hydrogen (secondary N) is 1. The Balaban J connectivity index is 1.48. The van der Waals surface area contributed by atoms with E-state index in [4.69, 9.17) is 11.6 Å². The molecule has 2 aliphatic rings. The Kier molecular flexibility index (Phi) is 3.23. The summed E-state index contributed by atoms with van der Waals surface area (Å²) in [6.07, 6.45) is 3.75. The Bertz CT molecular complexity index is 693. The predicted octanol–water partition coefficient (Wildman–Crippen LogP) is 3.66. The second-order valence-corrected chi connectivity index (χ2v) is 6.87. The summed E-state index contributed by atoms with van der Waals surface area (Å²) in [6.45, 7) is 0. The van der Waals surface area contributed by atoms with Crippen molar-refractivity contribution in [2.75, 3.05) is 0 Å². The zero-order chi connectivity index (χ0) is 15.2.